The largest absolute Gasteiger partial charge is 0.462 e. The van der Waals surface area contributed by atoms with E-state index in [0.29, 0.717) is 17.9 Å². The molecule has 0 saturated heterocycles. The van der Waals surface area contributed by atoms with Crippen LogP contribution in [0.25, 0.3) is 11.1 Å². The molecular formula is C17H16O4. The van der Waals surface area contributed by atoms with Crippen molar-refractivity contribution in [1.29, 1.82) is 0 Å². The predicted molar refractivity (Wildman–Crippen MR) is 79.1 cm³/mol. The fourth-order valence-electron chi connectivity index (χ4n) is 1.89. The third-order valence-electron chi connectivity index (χ3n) is 2.85. The lowest BCUT2D eigenvalue weighted by molar-refractivity contribution is -0.131. The third kappa shape index (κ3) is 3.92. The summed E-state index contributed by atoms with van der Waals surface area (Å²) in [5, 5.41) is 0. The van der Waals surface area contributed by atoms with Gasteiger partial charge in [-0.05, 0) is 42.3 Å². The molecule has 0 amide bonds. The molecule has 0 aliphatic heterocycles. The van der Waals surface area contributed by atoms with Gasteiger partial charge in [0.1, 0.15) is 5.75 Å². The molecule has 0 spiro atoms. The Labute approximate surface area is 123 Å². The molecule has 0 aliphatic rings. The summed E-state index contributed by atoms with van der Waals surface area (Å²) in [5.74, 6) is -0.162. The average Bonchev–Trinajstić information content (AvgIpc) is 2.48. The maximum absolute atomic E-state index is 11.6. The Hall–Kier alpha value is -2.62. The molecule has 4 nitrogen and oxygen atoms in total. The molecule has 0 atom stereocenters. The summed E-state index contributed by atoms with van der Waals surface area (Å²) in [6.45, 7) is 3.50. The lowest BCUT2D eigenvalue weighted by Gasteiger charge is -2.06. The minimum atomic E-state index is -0.346. The van der Waals surface area contributed by atoms with Crippen LogP contribution in [-0.4, -0.2) is 18.5 Å². The standard InChI is InChI=1S/C17H16O4/c1-3-20-17(19)15-6-4-13(5-7-15)14-8-10-16(11-9-14)21-12(2)18/h4-11H,3H2,1-2H3. The summed E-state index contributed by atoms with van der Waals surface area (Å²) < 4.78 is 9.92. The minimum absolute atomic E-state index is 0.325. The first-order chi connectivity index (χ1) is 10.1. The molecule has 0 aliphatic carbocycles. The second-order valence-electron chi connectivity index (χ2n) is 4.42. The van der Waals surface area contributed by atoms with Crippen molar-refractivity contribution in [3.63, 3.8) is 0 Å². The summed E-state index contributed by atoms with van der Waals surface area (Å²) in [5.41, 5.74) is 2.47. The van der Waals surface area contributed by atoms with Crippen molar-refractivity contribution >= 4 is 11.9 Å². The zero-order valence-electron chi connectivity index (χ0n) is 12.0. The summed E-state index contributed by atoms with van der Waals surface area (Å²) >= 11 is 0. The molecule has 4 heteroatoms. The van der Waals surface area contributed by atoms with Gasteiger partial charge in [-0.15, -0.1) is 0 Å². The lowest BCUT2D eigenvalue weighted by atomic mass is 10.0. The van der Waals surface area contributed by atoms with E-state index in [4.69, 9.17) is 9.47 Å². The van der Waals surface area contributed by atoms with E-state index < -0.39 is 0 Å². The average molecular weight is 284 g/mol. The number of hydrogen-bond donors (Lipinski definition) is 0. The molecule has 108 valence electrons. The SMILES string of the molecule is CCOC(=O)c1ccc(-c2ccc(OC(C)=O)cc2)cc1. The number of ether oxygens (including phenoxy) is 2. The van der Waals surface area contributed by atoms with Crippen LogP contribution in [-0.2, 0) is 9.53 Å². The fourth-order valence-corrected chi connectivity index (χ4v) is 1.89. The van der Waals surface area contributed by atoms with Crippen LogP contribution in [0.4, 0.5) is 0 Å². The van der Waals surface area contributed by atoms with Crippen LogP contribution in [0.3, 0.4) is 0 Å². The molecule has 2 aromatic rings. The highest BCUT2D eigenvalue weighted by atomic mass is 16.5. The number of carbonyl (C=O) groups is 2. The molecule has 21 heavy (non-hydrogen) atoms. The van der Waals surface area contributed by atoms with Crippen molar-refractivity contribution in [2.75, 3.05) is 6.61 Å². The molecule has 0 unspecified atom stereocenters. The van der Waals surface area contributed by atoms with E-state index in [1.165, 1.54) is 6.92 Å². The monoisotopic (exact) mass is 284 g/mol. The highest BCUT2D eigenvalue weighted by Gasteiger charge is 2.06. The molecular weight excluding hydrogens is 268 g/mol. The second kappa shape index (κ2) is 6.70. The molecule has 0 heterocycles. The van der Waals surface area contributed by atoms with E-state index in [1.54, 1.807) is 31.2 Å². The van der Waals surface area contributed by atoms with Crippen molar-refractivity contribution < 1.29 is 19.1 Å². The van der Waals surface area contributed by atoms with Crippen LogP contribution < -0.4 is 4.74 Å². The molecule has 0 aromatic heterocycles. The minimum Gasteiger partial charge on any atom is -0.462 e. The van der Waals surface area contributed by atoms with Gasteiger partial charge in [0.05, 0.1) is 12.2 Å². The van der Waals surface area contributed by atoms with Gasteiger partial charge in [0.25, 0.3) is 0 Å². The van der Waals surface area contributed by atoms with Crippen LogP contribution in [0.5, 0.6) is 5.75 Å². The number of hydrogen-bond acceptors (Lipinski definition) is 4. The highest BCUT2D eigenvalue weighted by molar-refractivity contribution is 5.90. The van der Waals surface area contributed by atoms with Gasteiger partial charge in [-0.25, -0.2) is 4.79 Å². The molecule has 0 bridgehead atoms. The van der Waals surface area contributed by atoms with Crippen molar-refractivity contribution in [2.24, 2.45) is 0 Å². The van der Waals surface area contributed by atoms with Crippen molar-refractivity contribution in [1.82, 2.24) is 0 Å². The van der Waals surface area contributed by atoms with Gasteiger partial charge in [-0.3, -0.25) is 4.79 Å². The van der Waals surface area contributed by atoms with Crippen LogP contribution in [0.15, 0.2) is 48.5 Å². The van der Waals surface area contributed by atoms with Gasteiger partial charge in [-0.2, -0.15) is 0 Å². The van der Waals surface area contributed by atoms with E-state index in [1.807, 2.05) is 24.3 Å². The molecule has 0 saturated carbocycles. The van der Waals surface area contributed by atoms with E-state index >= 15 is 0 Å². The molecule has 0 fully saturated rings. The Balaban J connectivity index is 2.15. The summed E-state index contributed by atoms with van der Waals surface area (Å²) in [7, 11) is 0. The highest BCUT2D eigenvalue weighted by Crippen LogP contribution is 2.23. The lowest BCUT2D eigenvalue weighted by Crippen LogP contribution is -2.04. The van der Waals surface area contributed by atoms with Gasteiger partial charge in [0.15, 0.2) is 0 Å². The molecule has 0 N–H and O–H groups in total. The fraction of sp³-hybridized carbons (Fsp3) is 0.176. The second-order valence-corrected chi connectivity index (χ2v) is 4.42. The molecule has 2 aromatic carbocycles. The maximum Gasteiger partial charge on any atom is 0.338 e. The van der Waals surface area contributed by atoms with Crippen molar-refractivity contribution in [2.45, 2.75) is 13.8 Å². The maximum atomic E-state index is 11.6. The number of esters is 2. The summed E-state index contributed by atoms with van der Waals surface area (Å²) in [6, 6.07) is 14.3. The first-order valence-electron chi connectivity index (χ1n) is 6.66. The Morgan fingerprint density at radius 1 is 0.905 bits per heavy atom. The normalized spacial score (nSPS) is 10.0. The Morgan fingerprint density at radius 2 is 1.43 bits per heavy atom. The van der Waals surface area contributed by atoms with Crippen molar-refractivity contribution in [3.05, 3.63) is 54.1 Å². The van der Waals surface area contributed by atoms with E-state index in [2.05, 4.69) is 0 Å². The van der Waals surface area contributed by atoms with Gasteiger partial charge < -0.3 is 9.47 Å². The Morgan fingerprint density at radius 3 is 1.90 bits per heavy atom. The van der Waals surface area contributed by atoms with Crippen LogP contribution >= 0.6 is 0 Å². The zero-order valence-corrected chi connectivity index (χ0v) is 12.0. The van der Waals surface area contributed by atoms with E-state index in [-0.39, 0.29) is 11.9 Å². The molecule has 0 radical (unpaired) electrons. The topological polar surface area (TPSA) is 52.6 Å². The number of benzene rings is 2. The van der Waals surface area contributed by atoms with Gasteiger partial charge in [0, 0.05) is 6.92 Å². The Bertz CT molecular complexity index is 627. The summed E-state index contributed by atoms with van der Waals surface area (Å²) in [6.07, 6.45) is 0. The zero-order chi connectivity index (χ0) is 15.2. The smallest absolute Gasteiger partial charge is 0.338 e. The van der Waals surface area contributed by atoms with Gasteiger partial charge in [-0.1, -0.05) is 24.3 Å². The first-order valence-corrected chi connectivity index (χ1v) is 6.66. The van der Waals surface area contributed by atoms with Crippen molar-refractivity contribution in [3.8, 4) is 16.9 Å². The molecule has 2 rings (SSSR count). The van der Waals surface area contributed by atoms with Crippen LogP contribution in [0.1, 0.15) is 24.2 Å². The quantitative estimate of drug-likeness (QED) is 0.637. The van der Waals surface area contributed by atoms with Gasteiger partial charge in [0.2, 0.25) is 0 Å². The first kappa shape index (κ1) is 14.8. The summed E-state index contributed by atoms with van der Waals surface area (Å²) in [4.78, 5) is 22.4. The van der Waals surface area contributed by atoms with Gasteiger partial charge >= 0.3 is 11.9 Å². The van der Waals surface area contributed by atoms with E-state index in [9.17, 15) is 9.59 Å². The predicted octanol–water partition coefficient (Wildman–Crippen LogP) is 3.46. The third-order valence-corrected chi connectivity index (χ3v) is 2.85. The van der Waals surface area contributed by atoms with Crippen LogP contribution in [0.2, 0.25) is 0 Å². The number of rotatable bonds is 4. The van der Waals surface area contributed by atoms with E-state index in [0.717, 1.165) is 11.1 Å². The number of carbonyl (C=O) groups excluding carboxylic acids is 2. The van der Waals surface area contributed by atoms with Crippen LogP contribution in [0, 0.1) is 0 Å². The Kier molecular flexibility index (Phi) is 4.72.